The summed E-state index contributed by atoms with van der Waals surface area (Å²) in [5.41, 5.74) is 0.0290. The average Bonchev–Trinajstić information content (AvgIpc) is 2.63. The molecule has 0 radical (unpaired) electrons. The van der Waals surface area contributed by atoms with E-state index >= 15 is 0 Å². The highest BCUT2D eigenvalue weighted by molar-refractivity contribution is 7.71. The Morgan fingerprint density at radius 3 is 2.59 bits per heavy atom. The smallest absolute Gasteiger partial charge is 0.316 e. The molecule has 0 fully saturated rings. The van der Waals surface area contributed by atoms with Gasteiger partial charge in [-0.3, -0.25) is 14.3 Å². The number of nitrogens with zero attached hydrogens (tertiary/aromatic N) is 2. The van der Waals surface area contributed by atoms with E-state index in [1.54, 1.807) is 11.6 Å². The van der Waals surface area contributed by atoms with Gasteiger partial charge in [0.25, 0.3) is 5.56 Å². The fraction of sp³-hybridized carbons (Fsp3) is 0.500. The molecule has 2 heterocycles. The molecule has 92 valence electrons. The van der Waals surface area contributed by atoms with Gasteiger partial charge in [0.15, 0.2) is 10.3 Å². The molecule has 0 aliphatic carbocycles. The number of hydrogen-bond acceptors (Lipinski definition) is 3. The van der Waals surface area contributed by atoms with Gasteiger partial charge in [0, 0.05) is 13.1 Å². The summed E-state index contributed by atoms with van der Waals surface area (Å²) in [4.78, 5) is 28.5. The van der Waals surface area contributed by atoms with Crippen LogP contribution in [0.2, 0.25) is 0 Å². The van der Waals surface area contributed by atoms with Crippen LogP contribution >= 0.6 is 12.2 Å². The van der Waals surface area contributed by atoms with Crippen LogP contribution in [0.1, 0.15) is 26.3 Å². The Kier molecular flexibility index (Phi) is 2.78. The summed E-state index contributed by atoms with van der Waals surface area (Å²) in [6.07, 6.45) is 0.851. The first-order chi connectivity index (χ1) is 7.97. The Balaban J connectivity index is 3.03. The van der Waals surface area contributed by atoms with Crippen molar-refractivity contribution in [3.63, 3.8) is 0 Å². The molecule has 1 atom stereocenters. The maximum absolute atomic E-state index is 11.9. The van der Waals surface area contributed by atoms with Gasteiger partial charge < -0.3 is 9.55 Å². The molecule has 0 unspecified atom stereocenters. The highest BCUT2D eigenvalue weighted by atomic mass is 32.1. The van der Waals surface area contributed by atoms with Crippen molar-refractivity contribution in [3.05, 3.63) is 25.6 Å². The molecule has 0 amide bonds. The van der Waals surface area contributed by atoms with Crippen LogP contribution in [0.3, 0.4) is 0 Å². The van der Waals surface area contributed by atoms with Gasteiger partial charge in [0.05, 0.1) is 0 Å². The van der Waals surface area contributed by atoms with Gasteiger partial charge in [-0.1, -0.05) is 6.92 Å². The number of aryl methyl sites for hydroxylation is 1. The second-order valence-electron chi connectivity index (χ2n) is 4.07. The highest BCUT2D eigenvalue weighted by Gasteiger charge is 2.15. The Labute approximate surface area is 102 Å². The number of aromatic amines is 2. The maximum atomic E-state index is 11.9. The molecule has 0 saturated carbocycles. The van der Waals surface area contributed by atoms with Crippen molar-refractivity contribution in [1.29, 1.82) is 0 Å². The number of nitrogens with one attached hydrogen (secondary N) is 2. The van der Waals surface area contributed by atoms with Gasteiger partial charge in [0.1, 0.15) is 5.65 Å². The van der Waals surface area contributed by atoms with Gasteiger partial charge in [-0.25, -0.2) is 4.79 Å². The molecule has 6 nitrogen and oxygen atoms in total. The van der Waals surface area contributed by atoms with E-state index in [-0.39, 0.29) is 6.04 Å². The van der Waals surface area contributed by atoms with Gasteiger partial charge in [-0.15, -0.1) is 0 Å². The van der Waals surface area contributed by atoms with Crippen LogP contribution in [0.4, 0.5) is 0 Å². The fourth-order valence-corrected chi connectivity index (χ4v) is 2.21. The lowest BCUT2D eigenvalue weighted by Crippen LogP contribution is -2.29. The number of H-pyrrole nitrogens is 2. The van der Waals surface area contributed by atoms with E-state index < -0.39 is 11.2 Å². The number of imidazole rings is 1. The molecule has 2 rings (SSSR count). The first-order valence-electron chi connectivity index (χ1n) is 5.40. The number of hydrogen-bond donors (Lipinski definition) is 2. The third kappa shape index (κ3) is 1.66. The molecule has 0 aliphatic heterocycles. The van der Waals surface area contributed by atoms with Crippen LogP contribution < -0.4 is 11.2 Å². The molecular formula is C10H14N4O2S. The van der Waals surface area contributed by atoms with Crippen LogP contribution in [-0.2, 0) is 7.05 Å². The van der Waals surface area contributed by atoms with Crippen LogP contribution in [-0.4, -0.2) is 19.1 Å². The van der Waals surface area contributed by atoms with Crippen molar-refractivity contribution >= 4 is 23.4 Å². The number of aromatic nitrogens is 4. The molecule has 2 N–H and O–H groups in total. The summed E-state index contributed by atoms with van der Waals surface area (Å²) in [6, 6.07) is 0.106. The van der Waals surface area contributed by atoms with E-state index in [1.807, 2.05) is 13.8 Å². The summed E-state index contributed by atoms with van der Waals surface area (Å²) in [6.45, 7) is 4.00. The third-order valence-corrected chi connectivity index (χ3v) is 3.32. The van der Waals surface area contributed by atoms with Crippen molar-refractivity contribution < 1.29 is 0 Å². The van der Waals surface area contributed by atoms with E-state index in [0.717, 1.165) is 6.42 Å². The number of fused-ring (bicyclic) bond motifs is 1. The first kappa shape index (κ1) is 11.8. The van der Waals surface area contributed by atoms with Crippen molar-refractivity contribution in [2.45, 2.75) is 26.3 Å². The van der Waals surface area contributed by atoms with Crippen LogP contribution in [0.25, 0.3) is 11.2 Å². The number of rotatable bonds is 2. The molecule has 7 heteroatoms. The van der Waals surface area contributed by atoms with E-state index in [0.29, 0.717) is 15.9 Å². The normalized spacial score (nSPS) is 13.1. The van der Waals surface area contributed by atoms with Gasteiger partial charge >= 0.3 is 5.69 Å². The van der Waals surface area contributed by atoms with E-state index in [2.05, 4.69) is 9.97 Å². The molecule has 0 aromatic carbocycles. The monoisotopic (exact) mass is 254 g/mol. The summed E-state index contributed by atoms with van der Waals surface area (Å²) in [5, 5.41) is 0. The van der Waals surface area contributed by atoms with Crippen LogP contribution in [0.5, 0.6) is 0 Å². The topological polar surface area (TPSA) is 75.6 Å². The molecule has 2 aromatic rings. The molecule has 2 aromatic heterocycles. The predicted octanol–water partition coefficient (Wildman–Crippen LogP) is 1.06. The van der Waals surface area contributed by atoms with Crippen LogP contribution in [0, 0.1) is 4.77 Å². The molecule has 0 aliphatic rings. The minimum absolute atomic E-state index is 0.106. The Morgan fingerprint density at radius 1 is 1.35 bits per heavy atom. The van der Waals surface area contributed by atoms with Gasteiger partial charge in [-0.2, -0.15) is 0 Å². The summed E-state index contributed by atoms with van der Waals surface area (Å²) < 4.78 is 3.56. The second kappa shape index (κ2) is 3.99. The van der Waals surface area contributed by atoms with Crippen molar-refractivity contribution in [3.8, 4) is 0 Å². The van der Waals surface area contributed by atoms with Crippen LogP contribution in [0.15, 0.2) is 9.59 Å². The van der Waals surface area contributed by atoms with Crippen molar-refractivity contribution in [1.82, 2.24) is 19.1 Å². The standard InChI is InChI=1S/C10H14N4O2S/c1-4-5(2)14-6-7(11-10(14)17)13(3)9(16)12-8(6)15/h5H,4H2,1-3H3,(H,11,17)(H,12,15,16)/t5-/m0/s1. The lowest BCUT2D eigenvalue weighted by Gasteiger charge is -2.11. The Hall–Kier alpha value is -1.63. The highest BCUT2D eigenvalue weighted by Crippen LogP contribution is 2.16. The minimum atomic E-state index is -0.449. The largest absolute Gasteiger partial charge is 0.329 e. The molecule has 17 heavy (non-hydrogen) atoms. The fourth-order valence-electron chi connectivity index (χ4n) is 1.84. The third-order valence-electron chi connectivity index (χ3n) is 3.02. The lowest BCUT2D eigenvalue weighted by atomic mass is 10.2. The predicted molar refractivity (Wildman–Crippen MR) is 68.0 cm³/mol. The molecule has 0 saturated heterocycles. The zero-order valence-corrected chi connectivity index (χ0v) is 10.7. The second-order valence-corrected chi connectivity index (χ2v) is 4.46. The quantitative estimate of drug-likeness (QED) is 0.787. The molecule has 0 bridgehead atoms. The van der Waals surface area contributed by atoms with Crippen molar-refractivity contribution in [2.24, 2.45) is 7.05 Å². The lowest BCUT2D eigenvalue weighted by molar-refractivity contribution is 0.537. The summed E-state index contributed by atoms with van der Waals surface area (Å²) >= 11 is 5.20. The molecular weight excluding hydrogens is 240 g/mol. The van der Waals surface area contributed by atoms with Crippen molar-refractivity contribution in [2.75, 3.05) is 0 Å². The van der Waals surface area contributed by atoms with Gasteiger partial charge in [-0.05, 0) is 25.6 Å². The van der Waals surface area contributed by atoms with E-state index in [4.69, 9.17) is 12.2 Å². The van der Waals surface area contributed by atoms with Gasteiger partial charge in [0.2, 0.25) is 0 Å². The Bertz CT molecular complexity index is 733. The van der Waals surface area contributed by atoms with E-state index in [9.17, 15) is 9.59 Å². The minimum Gasteiger partial charge on any atom is -0.316 e. The summed E-state index contributed by atoms with van der Waals surface area (Å²) in [5.74, 6) is 0. The summed E-state index contributed by atoms with van der Waals surface area (Å²) in [7, 11) is 1.59. The first-order valence-corrected chi connectivity index (χ1v) is 5.81. The SMILES string of the molecule is CC[C@H](C)n1c(=S)[nH]c2c1c(=O)[nH]c(=O)n2C. The average molecular weight is 254 g/mol. The van der Waals surface area contributed by atoms with E-state index in [1.165, 1.54) is 4.57 Å². The Morgan fingerprint density at radius 2 is 2.00 bits per heavy atom. The molecule has 0 spiro atoms. The zero-order valence-electron chi connectivity index (χ0n) is 9.90. The maximum Gasteiger partial charge on any atom is 0.329 e. The zero-order chi connectivity index (χ0) is 12.7.